The number of nitrogens with zero attached hydrogens (tertiary/aromatic N) is 3. The average Bonchev–Trinajstić information content (AvgIpc) is 3.30. The van der Waals surface area contributed by atoms with Crippen LogP contribution < -0.4 is 4.74 Å². The quantitative estimate of drug-likeness (QED) is 0.741. The van der Waals surface area contributed by atoms with E-state index in [4.69, 9.17) is 4.74 Å². The molecule has 4 rings (SSSR count). The minimum absolute atomic E-state index is 0.0359. The van der Waals surface area contributed by atoms with Crippen LogP contribution in [0.3, 0.4) is 0 Å². The molecule has 1 spiro atoms. The maximum absolute atomic E-state index is 13.3. The van der Waals surface area contributed by atoms with Gasteiger partial charge in [0.1, 0.15) is 11.3 Å². The van der Waals surface area contributed by atoms with Crippen LogP contribution in [0.15, 0.2) is 24.3 Å². The Morgan fingerprint density at radius 1 is 1.19 bits per heavy atom. The van der Waals surface area contributed by atoms with Crippen LogP contribution in [0.2, 0.25) is 0 Å². The zero-order chi connectivity index (χ0) is 19.0. The third-order valence-corrected chi connectivity index (χ3v) is 7.49. The van der Waals surface area contributed by atoms with E-state index in [-0.39, 0.29) is 11.9 Å². The normalized spacial score (nSPS) is 25.6. The van der Waals surface area contributed by atoms with Gasteiger partial charge >= 0.3 is 6.03 Å². The molecule has 3 heterocycles. The summed E-state index contributed by atoms with van der Waals surface area (Å²) in [5.41, 5.74) is 0.273. The zero-order valence-corrected chi connectivity index (χ0v) is 16.8. The van der Waals surface area contributed by atoms with Crippen molar-refractivity contribution in [2.75, 3.05) is 38.8 Å². The summed E-state index contributed by atoms with van der Waals surface area (Å²) in [7, 11) is 3.41. The second-order valence-electron chi connectivity index (χ2n) is 7.67. The Kier molecular flexibility index (Phi) is 5.07. The number of carbonyl (C=O) groups excluding carboxylic acids is 2. The summed E-state index contributed by atoms with van der Waals surface area (Å²) in [5.74, 6) is 3.16. The van der Waals surface area contributed by atoms with E-state index in [2.05, 4.69) is 4.90 Å². The molecule has 3 fully saturated rings. The predicted molar refractivity (Wildman–Crippen MR) is 106 cm³/mol. The Labute approximate surface area is 164 Å². The lowest BCUT2D eigenvalue weighted by Crippen LogP contribution is -2.57. The number of likely N-dealkylation sites (tertiary alicyclic amines) is 1. The van der Waals surface area contributed by atoms with Gasteiger partial charge in [-0.3, -0.25) is 14.6 Å². The monoisotopic (exact) mass is 389 g/mol. The first-order chi connectivity index (χ1) is 13.0. The van der Waals surface area contributed by atoms with Crippen LogP contribution in [0.5, 0.6) is 5.75 Å². The molecule has 0 radical (unpaired) electrons. The Morgan fingerprint density at radius 3 is 2.48 bits per heavy atom. The molecular weight excluding hydrogens is 362 g/mol. The van der Waals surface area contributed by atoms with Gasteiger partial charge in [0.25, 0.3) is 5.91 Å². The molecule has 0 bridgehead atoms. The summed E-state index contributed by atoms with van der Waals surface area (Å²) in [6.07, 6.45) is 2.70. The van der Waals surface area contributed by atoms with Gasteiger partial charge in [0.2, 0.25) is 0 Å². The van der Waals surface area contributed by atoms with Gasteiger partial charge < -0.3 is 9.64 Å². The summed E-state index contributed by atoms with van der Waals surface area (Å²) in [6.45, 7) is 2.10. The Bertz CT molecular complexity index is 710. The topological polar surface area (TPSA) is 53.1 Å². The largest absolute Gasteiger partial charge is 0.497 e. The lowest BCUT2D eigenvalue weighted by Gasteiger charge is -2.42. The van der Waals surface area contributed by atoms with Crippen molar-refractivity contribution < 1.29 is 14.3 Å². The summed E-state index contributed by atoms with van der Waals surface area (Å²) >= 11 is 2.01. The van der Waals surface area contributed by atoms with E-state index in [1.54, 1.807) is 19.1 Å². The summed E-state index contributed by atoms with van der Waals surface area (Å²) in [5, 5.41) is 0. The van der Waals surface area contributed by atoms with E-state index in [0.29, 0.717) is 12.6 Å². The number of urea groups is 1. The SMILES string of the molecule is COc1ccc(CN2C(=O)N(C)C3(CCN([C@@H]4CCSC4)CC3)C2=O)cc1. The van der Waals surface area contributed by atoms with Crippen molar-refractivity contribution in [2.24, 2.45) is 0 Å². The van der Waals surface area contributed by atoms with Gasteiger partial charge in [0, 0.05) is 31.9 Å². The van der Waals surface area contributed by atoms with E-state index in [9.17, 15) is 9.59 Å². The molecule has 0 aliphatic carbocycles. The Morgan fingerprint density at radius 2 is 1.89 bits per heavy atom. The van der Waals surface area contributed by atoms with Crippen LogP contribution in [0, 0.1) is 0 Å². The maximum atomic E-state index is 13.3. The molecule has 0 saturated carbocycles. The third-order valence-electron chi connectivity index (χ3n) is 6.35. The molecule has 3 amide bonds. The molecule has 27 heavy (non-hydrogen) atoms. The number of imide groups is 1. The Hall–Kier alpha value is -1.73. The lowest BCUT2D eigenvalue weighted by molar-refractivity contribution is -0.135. The molecule has 6 nitrogen and oxygen atoms in total. The lowest BCUT2D eigenvalue weighted by atomic mass is 9.85. The van der Waals surface area contributed by atoms with Gasteiger partial charge in [-0.2, -0.15) is 11.8 Å². The van der Waals surface area contributed by atoms with Crippen molar-refractivity contribution in [3.63, 3.8) is 0 Å². The van der Waals surface area contributed by atoms with Gasteiger partial charge in [-0.05, 0) is 42.7 Å². The molecular formula is C20H27N3O3S. The molecule has 1 atom stereocenters. The number of benzene rings is 1. The minimum atomic E-state index is -0.661. The fourth-order valence-corrected chi connectivity index (χ4v) is 5.77. The highest BCUT2D eigenvalue weighted by Gasteiger charge is 2.56. The second kappa shape index (κ2) is 7.36. The van der Waals surface area contributed by atoms with Crippen molar-refractivity contribution in [1.82, 2.24) is 14.7 Å². The van der Waals surface area contributed by atoms with Gasteiger partial charge in [-0.15, -0.1) is 0 Å². The number of hydrogen-bond acceptors (Lipinski definition) is 5. The van der Waals surface area contributed by atoms with Crippen molar-refractivity contribution >= 4 is 23.7 Å². The molecule has 3 aliphatic rings. The summed E-state index contributed by atoms with van der Waals surface area (Å²) in [6, 6.07) is 7.99. The Balaban J connectivity index is 1.47. The number of amides is 3. The molecule has 7 heteroatoms. The average molecular weight is 390 g/mol. The summed E-state index contributed by atoms with van der Waals surface area (Å²) in [4.78, 5) is 31.7. The first-order valence-electron chi connectivity index (χ1n) is 9.60. The standard InChI is InChI=1S/C20H27N3O3S/c1-21-19(25)23(13-15-3-5-17(26-2)6-4-15)18(24)20(21)8-10-22(11-9-20)16-7-12-27-14-16/h3-6,16H,7-14H2,1-2H3/t16-/m1/s1. The van der Waals surface area contributed by atoms with Crippen molar-refractivity contribution in [3.05, 3.63) is 29.8 Å². The molecule has 146 valence electrons. The minimum Gasteiger partial charge on any atom is -0.497 e. The van der Waals surface area contributed by atoms with Gasteiger partial charge in [-0.25, -0.2) is 4.79 Å². The van der Waals surface area contributed by atoms with Crippen LogP contribution in [0.1, 0.15) is 24.8 Å². The third kappa shape index (κ3) is 3.21. The number of rotatable bonds is 4. The maximum Gasteiger partial charge on any atom is 0.327 e. The highest BCUT2D eigenvalue weighted by atomic mass is 32.2. The molecule has 1 aromatic rings. The van der Waals surface area contributed by atoms with E-state index in [0.717, 1.165) is 37.2 Å². The molecule has 3 saturated heterocycles. The van der Waals surface area contributed by atoms with Crippen molar-refractivity contribution in [3.8, 4) is 5.75 Å². The fourth-order valence-electron chi connectivity index (χ4n) is 4.52. The first kappa shape index (κ1) is 18.6. The first-order valence-corrected chi connectivity index (χ1v) is 10.7. The van der Waals surface area contributed by atoms with Crippen molar-refractivity contribution in [2.45, 2.75) is 37.4 Å². The molecule has 3 aliphatic heterocycles. The van der Waals surface area contributed by atoms with Crippen LogP contribution in [0.25, 0.3) is 0 Å². The number of piperidine rings is 1. The van der Waals surface area contributed by atoms with Crippen LogP contribution >= 0.6 is 11.8 Å². The van der Waals surface area contributed by atoms with E-state index in [1.165, 1.54) is 22.8 Å². The van der Waals surface area contributed by atoms with Crippen LogP contribution in [0.4, 0.5) is 4.79 Å². The fraction of sp³-hybridized carbons (Fsp3) is 0.600. The smallest absolute Gasteiger partial charge is 0.327 e. The van der Waals surface area contributed by atoms with E-state index < -0.39 is 5.54 Å². The van der Waals surface area contributed by atoms with Gasteiger partial charge in [0.05, 0.1) is 13.7 Å². The number of likely N-dealkylation sites (N-methyl/N-ethyl adjacent to an activating group) is 1. The van der Waals surface area contributed by atoms with Crippen molar-refractivity contribution in [1.29, 1.82) is 0 Å². The second-order valence-corrected chi connectivity index (χ2v) is 8.82. The predicted octanol–water partition coefficient (Wildman–Crippen LogP) is 2.43. The van der Waals surface area contributed by atoms with Crippen LogP contribution in [-0.4, -0.2) is 77.0 Å². The number of methoxy groups -OCH3 is 1. The number of carbonyl (C=O) groups is 2. The zero-order valence-electron chi connectivity index (χ0n) is 16.0. The van der Waals surface area contributed by atoms with E-state index in [1.807, 2.05) is 36.0 Å². The molecule has 0 N–H and O–H groups in total. The van der Waals surface area contributed by atoms with Gasteiger partial charge in [0.15, 0.2) is 0 Å². The summed E-state index contributed by atoms with van der Waals surface area (Å²) < 4.78 is 5.18. The molecule has 0 aromatic heterocycles. The van der Waals surface area contributed by atoms with Gasteiger partial charge in [-0.1, -0.05) is 12.1 Å². The number of hydrogen-bond donors (Lipinski definition) is 0. The number of ether oxygens (including phenoxy) is 1. The highest BCUT2D eigenvalue weighted by Crippen LogP contribution is 2.38. The molecule has 0 unspecified atom stereocenters. The number of thioether (sulfide) groups is 1. The van der Waals surface area contributed by atoms with Crippen LogP contribution in [-0.2, 0) is 11.3 Å². The molecule has 1 aromatic carbocycles. The highest BCUT2D eigenvalue weighted by molar-refractivity contribution is 7.99. The van der Waals surface area contributed by atoms with E-state index >= 15 is 0 Å².